The Hall–Kier alpha value is -1.20. The quantitative estimate of drug-likeness (QED) is 0.855. The molecule has 0 spiro atoms. The Bertz CT molecular complexity index is 566. The van der Waals surface area contributed by atoms with E-state index in [4.69, 9.17) is 5.73 Å². The Kier molecular flexibility index (Phi) is 4.06. The van der Waals surface area contributed by atoms with E-state index in [0.29, 0.717) is 4.90 Å². The van der Waals surface area contributed by atoms with Crippen LogP contribution >= 0.6 is 11.8 Å². The lowest BCUT2D eigenvalue weighted by atomic mass is 10.1. The zero-order valence-electron chi connectivity index (χ0n) is 10.3. The number of alkyl halides is 3. The molecule has 2 unspecified atom stereocenters. The third-order valence-corrected chi connectivity index (χ3v) is 4.26. The highest BCUT2D eigenvalue weighted by molar-refractivity contribution is 8.00. The summed E-state index contributed by atoms with van der Waals surface area (Å²) in [5.41, 5.74) is 5.44. The van der Waals surface area contributed by atoms with Crippen LogP contribution in [0.15, 0.2) is 47.4 Å². The van der Waals surface area contributed by atoms with Gasteiger partial charge >= 0.3 is 6.18 Å². The maximum Gasteiger partial charge on any atom is 0.402 e. The third kappa shape index (κ3) is 3.42. The van der Waals surface area contributed by atoms with Crippen LogP contribution in [0.1, 0.15) is 6.92 Å². The van der Waals surface area contributed by atoms with Gasteiger partial charge in [-0.2, -0.15) is 13.2 Å². The molecule has 1 nitrogen and oxygen atoms in total. The van der Waals surface area contributed by atoms with Crippen LogP contribution in [0, 0.1) is 0 Å². The summed E-state index contributed by atoms with van der Waals surface area (Å²) in [5, 5.41) is 0.350. The van der Waals surface area contributed by atoms with Crippen molar-refractivity contribution in [2.45, 2.75) is 29.3 Å². The zero-order valence-corrected chi connectivity index (χ0v) is 11.1. The molecule has 102 valence electrons. The van der Waals surface area contributed by atoms with E-state index in [-0.39, 0.29) is 0 Å². The van der Waals surface area contributed by atoms with Crippen molar-refractivity contribution in [1.29, 1.82) is 0 Å². The smallest absolute Gasteiger partial charge is 0.327 e. The molecule has 0 aliphatic carbocycles. The van der Waals surface area contributed by atoms with Gasteiger partial charge in [0.1, 0.15) is 5.25 Å². The summed E-state index contributed by atoms with van der Waals surface area (Å²) >= 11 is 0.769. The summed E-state index contributed by atoms with van der Waals surface area (Å²) in [6.07, 6.45) is -4.30. The lowest BCUT2D eigenvalue weighted by Crippen LogP contribution is -2.40. The van der Waals surface area contributed by atoms with Crippen molar-refractivity contribution in [3.63, 3.8) is 0 Å². The molecule has 0 aliphatic heterocycles. The molecule has 2 aromatic carbocycles. The van der Waals surface area contributed by atoms with Gasteiger partial charge in [0.2, 0.25) is 0 Å². The van der Waals surface area contributed by atoms with Gasteiger partial charge in [0, 0.05) is 10.9 Å². The number of hydrogen-bond acceptors (Lipinski definition) is 2. The van der Waals surface area contributed by atoms with Crippen molar-refractivity contribution < 1.29 is 13.2 Å². The van der Waals surface area contributed by atoms with Crippen LogP contribution in [0.25, 0.3) is 10.8 Å². The molecule has 0 aliphatic rings. The van der Waals surface area contributed by atoms with Crippen molar-refractivity contribution in [1.82, 2.24) is 0 Å². The molecule has 19 heavy (non-hydrogen) atoms. The fourth-order valence-electron chi connectivity index (χ4n) is 1.86. The third-order valence-electron chi connectivity index (χ3n) is 2.78. The van der Waals surface area contributed by atoms with E-state index >= 15 is 0 Å². The second-order valence-corrected chi connectivity index (χ2v) is 5.66. The van der Waals surface area contributed by atoms with Crippen LogP contribution < -0.4 is 5.73 Å². The molecular weight excluding hydrogens is 271 g/mol. The van der Waals surface area contributed by atoms with Crippen molar-refractivity contribution in [2.24, 2.45) is 5.73 Å². The predicted molar refractivity (Wildman–Crippen MR) is 73.3 cm³/mol. The van der Waals surface area contributed by atoms with Crippen LogP contribution in [0.2, 0.25) is 0 Å². The highest BCUT2D eigenvalue weighted by atomic mass is 32.2. The predicted octanol–water partition coefficient (Wildman–Crippen LogP) is 4.21. The Labute approximate surface area is 114 Å². The van der Waals surface area contributed by atoms with Gasteiger partial charge < -0.3 is 5.73 Å². The summed E-state index contributed by atoms with van der Waals surface area (Å²) < 4.78 is 38.6. The fraction of sp³-hybridized carbons (Fsp3) is 0.286. The number of halogens is 3. The molecule has 0 bridgehead atoms. The van der Waals surface area contributed by atoms with Crippen molar-refractivity contribution in [2.75, 3.05) is 0 Å². The number of nitrogens with two attached hydrogens (primary N) is 1. The Balaban J connectivity index is 2.29. The Morgan fingerprint density at radius 1 is 1.05 bits per heavy atom. The normalized spacial score (nSPS) is 15.4. The second-order valence-electron chi connectivity index (χ2n) is 4.45. The van der Waals surface area contributed by atoms with Gasteiger partial charge in [-0.3, -0.25) is 0 Å². The van der Waals surface area contributed by atoms with Gasteiger partial charge in [-0.25, -0.2) is 0 Å². The molecule has 0 heterocycles. The summed E-state index contributed by atoms with van der Waals surface area (Å²) in [5.74, 6) is 0. The molecule has 2 aromatic rings. The topological polar surface area (TPSA) is 26.0 Å². The molecule has 2 N–H and O–H groups in total. The first kappa shape index (κ1) is 14.2. The van der Waals surface area contributed by atoms with Gasteiger partial charge in [0.25, 0.3) is 0 Å². The van der Waals surface area contributed by atoms with Crippen molar-refractivity contribution in [3.8, 4) is 0 Å². The van der Waals surface area contributed by atoms with Crippen LogP contribution in [0.4, 0.5) is 13.2 Å². The summed E-state index contributed by atoms with van der Waals surface area (Å²) in [7, 11) is 0. The van der Waals surface area contributed by atoms with Crippen molar-refractivity contribution in [3.05, 3.63) is 42.5 Å². The molecular formula is C14H14F3NS. The highest BCUT2D eigenvalue weighted by Crippen LogP contribution is 2.37. The minimum absolute atomic E-state index is 0.582. The number of hydrogen-bond donors (Lipinski definition) is 1. The summed E-state index contributed by atoms with van der Waals surface area (Å²) in [4.78, 5) is 0.582. The average Bonchev–Trinajstić information content (AvgIpc) is 2.34. The zero-order chi connectivity index (χ0) is 14.0. The van der Waals surface area contributed by atoms with Gasteiger partial charge in [0.05, 0.1) is 0 Å². The molecule has 2 rings (SSSR count). The largest absolute Gasteiger partial charge is 0.402 e. The minimum Gasteiger partial charge on any atom is -0.327 e. The molecule has 5 heteroatoms. The van der Waals surface area contributed by atoms with Gasteiger partial charge in [0.15, 0.2) is 0 Å². The van der Waals surface area contributed by atoms with E-state index in [2.05, 4.69) is 0 Å². The van der Waals surface area contributed by atoms with Crippen LogP contribution in [0.3, 0.4) is 0 Å². The molecule has 0 saturated carbocycles. The second kappa shape index (κ2) is 5.43. The Morgan fingerprint density at radius 2 is 1.68 bits per heavy atom. The molecule has 0 amide bonds. The van der Waals surface area contributed by atoms with E-state index in [0.717, 1.165) is 22.5 Å². The number of fused-ring (bicyclic) bond motifs is 1. The van der Waals surface area contributed by atoms with E-state index in [1.54, 1.807) is 12.1 Å². The van der Waals surface area contributed by atoms with Crippen molar-refractivity contribution >= 4 is 22.5 Å². The number of rotatable bonds is 3. The average molecular weight is 285 g/mol. The summed E-state index contributed by atoms with van der Waals surface area (Å²) in [6.45, 7) is 1.38. The standard InChI is InChI=1S/C14H14F3NS/c1-9(18)13(14(15,16)17)19-12-7-6-10-4-2-3-5-11(10)8-12/h2-9,13H,18H2,1H3. The lowest BCUT2D eigenvalue weighted by molar-refractivity contribution is -0.131. The SMILES string of the molecule is CC(N)C(Sc1ccc2ccccc2c1)C(F)(F)F. The first-order valence-corrected chi connectivity index (χ1v) is 6.73. The van der Waals surface area contributed by atoms with E-state index in [1.165, 1.54) is 6.92 Å². The molecule has 0 aromatic heterocycles. The summed E-state index contributed by atoms with van der Waals surface area (Å²) in [6, 6.07) is 11.9. The van der Waals surface area contributed by atoms with E-state index in [9.17, 15) is 13.2 Å². The monoisotopic (exact) mass is 285 g/mol. The first-order valence-electron chi connectivity index (χ1n) is 5.85. The van der Waals surface area contributed by atoms with Crippen LogP contribution in [-0.2, 0) is 0 Å². The Morgan fingerprint density at radius 3 is 2.26 bits per heavy atom. The van der Waals surface area contributed by atoms with Crippen LogP contribution in [-0.4, -0.2) is 17.5 Å². The minimum atomic E-state index is -4.30. The molecule has 0 radical (unpaired) electrons. The highest BCUT2D eigenvalue weighted by Gasteiger charge is 2.42. The van der Waals surface area contributed by atoms with Gasteiger partial charge in [-0.1, -0.05) is 30.3 Å². The molecule has 0 saturated heterocycles. The molecule has 0 fully saturated rings. The fourth-order valence-corrected chi connectivity index (χ4v) is 2.84. The molecule has 2 atom stereocenters. The van der Waals surface area contributed by atoms with E-state index in [1.807, 2.05) is 30.3 Å². The number of benzene rings is 2. The van der Waals surface area contributed by atoms with Gasteiger partial charge in [-0.05, 0) is 29.8 Å². The maximum absolute atomic E-state index is 12.9. The van der Waals surface area contributed by atoms with Gasteiger partial charge in [-0.15, -0.1) is 11.8 Å². The first-order chi connectivity index (χ1) is 8.88. The van der Waals surface area contributed by atoms with Crippen LogP contribution in [0.5, 0.6) is 0 Å². The van der Waals surface area contributed by atoms with E-state index < -0.39 is 17.5 Å². The maximum atomic E-state index is 12.9. The lowest BCUT2D eigenvalue weighted by Gasteiger charge is -2.23. The number of thioether (sulfide) groups is 1.